The maximum atomic E-state index is 5.69. The maximum Gasteiger partial charge on any atom is 0.257 e. The van der Waals surface area contributed by atoms with Crippen LogP contribution in [-0.4, -0.2) is 17.2 Å². The zero-order valence-electron chi connectivity index (χ0n) is 9.95. The van der Waals surface area contributed by atoms with Crippen LogP contribution >= 0.6 is 27.3 Å². The lowest BCUT2D eigenvalue weighted by Crippen LogP contribution is -2.15. The van der Waals surface area contributed by atoms with Crippen molar-refractivity contribution in [3.8, 4) is 10.8 Å². The summed E-state index contributed by atoms with van der Waals surface area (Å²) >= 11 is 5.10. The SMILES string of the molecule is CCC(NC)c1nnc(-c2cc(C)c(Br)s2)o1. The van der Waals surface area contributed by atoms with Gasteiger partial charge in [0.2, 0.25) is 5.89 Å². The fourth-order valence-electron chi connectivity index (χ4n) is 1.54. The Balaban J connectivity index is 2.29. The van der Waals surface area contributed by atoms with Crippen LogP contribution < -0.4 is 5.32 Å². The van der Waals surface area contributed by atoms with Crippen LogP contribution in [0.15, 0.2) is 14.3 Å². The normalized spacial score (nSPS) is 12.9. The largest absolute Gasteiger partial charge is 0.418 e. The maximum absolute atomic E-state index is 5.69. The molecule has 1 atom stereocenters. The molecule has 1 unspecified atom stereocenters. The number of nitrogens with one attached hydrogen (secondary N) is 1. The van der Waals surface area contributed by atoms with Gasteiger partial charge >= 0.3 is 0 Å². The van der Waals surface area contributed by atoms with Crippen molar-refractivity contribution in [3.63, 3.8) is 0 Å². The molecule has 0 aromatic carbocycles. The lowest BCUT2D eigenvalue weighted by molar-refractivity contribution is 0.415. The smallest absolute Gasteiger partial charge is 0.257 e. The first-order chi connectivity index (χ1) is 8.15. The Morgan fingerprint density at radius 2 is 2.29 bits per heavy atom. The zero-order chi connectivity index (χ0) is 12.4. The van der Waals surface area contributed by atoms with E-state index in [4.69, 9.17) is 4.42 Å². The summed E-state index contributed by atoms with van der Waals surface area (Å²) in [6.45, 7) is 4.13. The molecule has 2 heterocycles. The predicted octanol–water partition coefficient (Wildman–Crippen LogP) is 3.54. The Morgan fingerprint density at radius 1 is 1.53 bits per heavy atom. The van der Waals surface area contributed by atoms with Gasteiger partial charge in [-0.05, 0) is 48.0 Å². The summed E-state index contributed by atoms with van der Waals surface area (Å²) in [7, 11) is 1.89. The van der Waals surface area contributed by atoms with Gasteiger partial charge in [0.1, 0.15) is 0 Å². The number of nitrogens with zero attached hydrogens (tertiary/aromatic N) is 2. The van der Waals surface area contributed by atoms with Crippen LogP contribution in [0.3, 0.4) is 0 Å². The summed E-state index contributed by atoms with van der Waals surface area (Å²) in [4.78, 5) is 0.999. The van der Waals surface area contributed by atoms with E-state index in [0.717, 1.165) is 15.1 Å². The van der Waals surface area contributed by atoms with Gasteiger partial charge in [-0.15, -0.1) is 21.5 Å². The van der Waals surface area contributed by atoms with E-state index in [9.17, 15) is 0 Å². The molecule has 2 aromatic heterocycles. The minimum Gasteiger partial charge on any atom is -0.418 e. The lowest BCUT2D eigenvalue weighted by Gasteiger charge is -2.06. The van der Waals surface area contributed by atoms with E-state index in [1.165, 1.54) is 5.56 Å². The predicted molar refractivity (Wildman–Crippen MR) is 72.1 cm³/mol. The molecule has 0 fully saturated rings. The molecule has 4 nitrogen and oxygen atoms in total. The van der Waals surface area contributed by atoms with Crippen LogP contribution in [0.5, 0.6) is 0 Å². The first-order valence-electron chi connectivity index (χ1n) is 5.42. The van der Waals surface area contributed by atoms with Gasteiger partial charge in [-0.25, -0.2) is 0 Å². The standard InChI is InChI=1S/C11H14BrN3OS/c1-4-7(13-3)10-14-15-11(16-10)8-5-6(2)9(12)17-8/h5,7,13H,4H2,1-3H3. The first-order valence-corrected chi connectivity index (χ1v) is 7.03. The van der Waals surface area contributed by atoms with Crippen LogP contribution in [0.25, 0.3) is 10.8 Å². The van der Waals surface area contributed by atoms with Gasteiger partial charge in [-0.3, -0.25) is 0 Å². The minimum atomic E-state index is 0.126. The van der Waals surface area contributed by atoms with Gasteiger partial charge in [0, 0.05) is 0 Å². The second-order valence-electron chi connectivity index (χ2n) is 3.76. The van der Waals surface area contributed by atoms with Crippen LogP contribution in [0.2, 0.25) is 0 Å². The second kappa shape index (κ2) is 5.29. The van der Waals surface area contributed by atoms with Crippen LogP contribution in [0.4, 0.5) is 0 Å². The number of thiophene rings is 1. The van der Waals surface area contributed by atoms with Crippen molar-refractivity contribution in [2.75, 3.05) is 7.05 Å². The summed E-state index contributed by atoms with van der Waals surface area (Å²) in [6.07, 6.45) is 0.922. The van der Waals surface area contributed by atoms with Crippen molar-refractivity contribution in [1.29, 1.82) is 0 Å². The quantitative estimate of drug-likeness (QED) is 0.937. The Hall–Kier alpha value is -0.720. The van der Waals surface area contributed by atoms with Crippen LogP contribution in [-0.2, 0) is 0 Å². The molecule has 0 aliphatic heterocycles. The lowest BCUT2D eigenvalue weighted by atomic mass is 10.2. The molecule has 6 heteroatoms. The molecule has 17 heavy (non-hydrogen) atoms. The van der Waals surface area contributed by atoms with Gasteiger partial charge in [-0.1, -0.05) is 6.92 Å². The molecular formula is C11H14BrN3OS. The third kappa shape index (κ3) is 2.59. The summed E-state index contributed by atoms with van der Waals surface area (Å²) in [6, 6.07) is 2.17. The molecule has 0 aliphatic rings. The Kier molecular flexibility index (Phi) is 3.96. The molecule has 0 radical (unpaired) electrons. The fourth-order valence-corrected chi connectivity index (χ4v) is 3.00. The van der Waals surface area contributed by atoms with E-state index >= 15 is 0 Å². The average Bonchev–Trinajstić information content (AvgIpc) is 2.89. The highest BCUT2D eigenvalue weighted by Gasteiger charge is 2.17. The topological polar surface area (TPSA) is 51.0 Å². The molecule has 0 spiro atoms. The molecule has 0 bridgehead atoms. The van der Waals surface area contributed by atoms with Gasteiger partial charge in [-0.2, -0.15) is 0 Å². The molecule has 2 rings (SSSR count). The van der Waals surface area contributed by atoms with Crippen LogP contribution in [0.1, 0.15) is 30.8 Å². The van der Waals surface area contributed by atoms with Gasteiger partial charge in [0.15, 0.2) is 0 Å². The van der Waals surface area contributed by atoms with E-state index in [1.54, 1.807) is 11.3 Å². The molecule has 2 aromatic rings. The molecule has 0 saturated heterocycles. The highest BCUT2D eigenvalue weighted by molar-refractivity contribution is 9.11. The number of rotatable bonds is 4. The first kappa shape index (κ1) is 12.7. The van der Waals surface area contributed by atoms with Crippen LogP contribution in [0, 0.1) is 6.92 Å². The van der Waals surface area contributed by atoms with E-state index in [2.05, 4.69) is 38.4 Å². The molecule has 92 valence electrons. The van der Waals surface area contributed by atoms with Crippen molar-refractivity contribution in [2.24, 2.45) is 0 Å². The highest BCUT2D eigenvalue weighted by atomic mass is 79.9. The number of halogens is 1. The Morgan fingerprint density at radius 3 is 2.82 bits per heavy atom. The molecule has 1 N–H and O–H groups in total. The Bertz CT molecular complexity index is 485. The van der Waals surface area contributed by atoms with Crippen molar-refractivity contribution >= 4 is 27.3 Å². The number of hydrogen-bond donors (Lipinski definition) is 1. The van der Waals surface area contributed by atoms with Crippen molar-refractivity contribution in [3.05, 3.63) is 21.3 Å². The van der Waals surface area contributed by atoms with Gasteiger partial charge in [0.25, 0.3) is 5.89 Å². The van der Waals surface area contributed by atoms with Crippen molar-refractivity contribution < 1.29 is 4.42 Å². The van der Waals surface area contributed by atoms with Crippen molar-refractivity contribution in [2.45, 2.75) is 26.3 Å². The minimum absolute atomic E-state index is 0.126. The van der Waals surface area contributed by atoms with Gasteiger partial charge < -0.3 is 9.73 Å². The molecule has 0 saturated carbocycles. The molecule has 0 aliphatic carbocycles. The van der Waals surface area contributed by atoms with E-state index in [-0.39, 0.29) is 6.04 Å². The van der Waals surface area contributed by atoms with E-state index < -0.39 is 0 Å². The van der Waals surface area contributed by atoms with Gasteiger partial charge in [0.05, 0.1) is 14.7 Å². The molecule has 0 amide bonds. The fraction of sp³-hybridized carbons (Fsp3) is 0.455. The third-order valence-electron chi connectivity index (χ3n) is 2.56. The van der Waals surface area contributed by atoms with E-state index in [1.807, 2.05) is 20.0 Å². The third-order valence-corrected chi connectivity index (χ3v) is 4.69. The highest BCUT2D eigenvalue weighted by Crippen LogP contribution is 2.34. The number of aryl methyl sites for hydroxylation is 1. The summed E-state index contributed by atoms with van der Waals surface area (Å²) in [5.74, 6) is 1.24. The monoisotopic (exact) mass is 315 g/mol. The summed E-state index contributed by atoms with van der Waals surface area (Å²) in [5.41, 5.74) is 1.19. The number of aromatic nitrogens is 2. The second-order valence-corrected chi connectivity index (χ2v) is 6.13. The molecular weight excluding hydrogens is 302 g/mol. The average molecular weight is 316 g/mol. The zero-order valence-corrected chi connectivity index (χ0v) is 12.4. The van der Waals surface area contributed by atoms with Crippen molar-refractivity contribution in [1.82, 2.24) is 15.5 Å². The number of hydrogen-bond acceptors (Lipinski definition) is 5. The summed E-state index contributed by atoms with van der Waals surface area (Å²) in [5, 5.41) is 11.3. The van der Waals surface area contributed by atoms with E-state index in [0.29, 0.717) is 11.8 Å². The Labute approximate surface area is 113 Å². The summed E-state index contributed by atoms with van der Waals surface area (Å²) < 4.78 is 6.79.